The zero-order chi connectivity index (χ0) is 49.3. The number of aliphatic hydroxyl groups excluding tert-OH is 6. The summed E-state index contributed by atoms with van der Waals surface area (Å²) in [5.41, 5.74) is 0. The predicted octanol–water partition coefficient (Wildman–Crippen LogP) is 8.12. The van der Waals surface area contributed by atoms with Crippen LogP contribution in [-0.2, 0) is 37.5 Å². The molecule has 2 aliphatic rings. The van der Waals surface area contributed by atoms with E-state index >= 15 is 0 Å². The van der Waals surface area contributed by atoms with E-state index < -0.39 is 99.4 Å². The maximum atomic E-state index is 13.6. The lowest BCUT2D eigenvalue weighted by Crippen LogP contribution is -2.55. The number of aliphatic hydroxyl groups is 6. The number of carbonyl (C=O) groups excluding carboxylic acids is 3. The van der Waals surface area contributed by atoms with Crippen molar-refractivity contribution in [3.63, 3.8) is 0 Å². The maximum absolute atomic E-state index is 13.6. The first-order valence-corrected chi connectivity index (χ1v) is 26.6. The lowest BCUT2D eigenvalue weighted by atomic mass is 9.87. The normalized spacial score (nSPS) is 30.2. The monoisotopic (exact) mass is 969 g/mol. The smallest absolute Gasteiger partial charge is 0.462 e. The molecule has 1 aliphatic heterocycles. The Kier molecular flexibility index (Phi) is 32.6. The van der Waals surface area contributed by atoms with Crippen LogP contribution in [0.2, 0.25) is 0 Å². The summed E-state index contributed by atoms with van der Waals surface area (Å²) in [7, 11) is -5.42. The van der Waals surface area contributed by atoms with E-state index in [0.717, 1.165) is 63.9 Å². The minimum atomic E-state index is -5.42. The van der Waals surface area contributed by atoms with E-state index in [1.165, 1.54) is 63.2 Å². The molecule has 1 unspecified atom stereocenters. The molecule has 0 radical (unpaired) electrons. The molecule has 1 aliphatic carbocycles. The summed E-state index contributed by atoms with van der Waals surface area (Å²) in [6.45, 7) is 2.84. The van der Waals surface area contributed by atoms with Gasteiger partial charge < -0.3 is 45.0 Å². The van der Waals surface area contributed by atoms with E-state index in [9.17, 15) is 54.5 Å². The van der Waals surface area contributed by atoms with Gasteiger partial charge in [0, 0.05) is 18.8 Å². The van der Waals surface area contributed by atoms with Crippen molar-refractivity contribution in [3.8, 4) is 0 Å². The van der Waals surface area contributed by atoms with Gasteiger partial charge in [-0.2, -0.15) is 0 Å². The van der Waals surface area contributed by atoms with Crippen LogP contribution in [0.5, 0.6) is 0 Å². The van der Waals surface area contributed by atoms with Crippen LogP contribution < -0.4 is 0 Å². The fourth-order valence-corrected chi connectivity index (χ4v) is 8.85. The highest BCUT2D eigenvalue weighted by Gasteiger charge is 2.47. The summed E-state index contributed by atoms with van der Waals surface area (Å²) in [4.78, 5) is 50.1. The van der Waals surface area contributed by atoms with Gasteiger partial charge in [-0.25, -0.2) is 4.57 Å². The standard InChI is InChI=1S/C51H85O15P/c1-3-5-7-8-9-10-11-12-13-14-15-16-17-18-19-20-21-22-28-32-45(55)65-41-37-63-44(54)31-27-24-23-26-29-39-33-36-43(53)42(35-34-40(52)30-25-6-4-2)47(57)49(59)51(50(60)48(58)46(39)56)66-67(61,62)64-38-41/h9-10,12-13,23,26,33-36,39-42,46-52,56-60H,3-8,11,14-22,24-25,27-32,37-38H2,1-2H3,(H,61,62)/b10-9-,13-12-,26-23-,35-34+,36-33-/t39-,40-,41+,42-,46+,47+,48-,49+,50+,51+/m0/s1. The van der Waals surface area contributed by atoms with Gasteiger partial charge in [-0.1, -0.05) is 146 Å². The molecule has 0 aromatic carbocycles. The van der Waals surface area contributed by atoms with Crippen LogP contribution in [0.4, 0.5) is 0 Å². The Morgan fingerprint density at radius 3 is 2.06 bits per heavy atom. The van der Waals surface area contributed by atoms with Gasteiger partial charge in [0.05, 0.1) is 30.8 Å². The first-order valence-electron chi connectivity index (χ1n) is 25.1. The molecule has 384 valence electrons. The fraction of sp³-hybridized carbons (Fsp3) is 0.745. The Labute approximate surface area is 400 Å². The summed E-state index contributed by atoms with van der Waals surface area (Å²) in [6, 6.07) is 0. The number of allylic oxidation sites excluding steroid dienone is 7. The third-order valence-corrected chi connectivity index (χ3v) is 13.1. The quantitative estimate of drug-likeness (QED) is 0.0198. The number of phosphoric ester groups is 1. The molecule has 15 nitrogen and oxygen atoms in total. The molecule has 0 amide bonds. The summed E-state index contributed by atoms with van der Waals surface area (Å²) >= 11 is 0. The van der Waals surface area contributed by atoms with Crippen LogP contribution in [0.25, 0.3) is 0 Å². The molecule has 16 heteroatoms. The van der Waals surface area contributed by atoms with E-state index in [-0.39, 0.29) is 19.3 Å². The molecule has 2 bridgehead atoms. The van der Waals surface area contributed by atoms with Gasteiger partial charge in [0.25, 0.3) is 0 Å². The second kappa shape index (κ2) is 36.2. The topological polar surface area (TPSA) is 247 Å². The molecule has 2 rings (SSSR count). The first-order chi connectivity index (χ1) is 32.2. The van der Waals surface area contributed by atoms with Gasteiger partial charge >= 0.3 is 19.8 Å². The first kappa shape index (κ1) is 60.3. The maximum Gasteiger partial charge on any atom is 0.472 e. The highest BCUT2D eigenvalue weighted by molar-refractivity contribution is 7.47. The van der Waals surface area contributed by atoms with Crippen molar-refractivity contribution < 1.29 is 73.0 Å². The molecular formula is C51H85O15P. The molecule has 1 heterocycles. The summed E-state index contributed by atoms with van der Waals surface area (Å²) in [5.74, 6) is -4.66. The lowest BCUT2D eigenvalue weighted by molar-refractivity contribution is -0.164. The van der Waals surface area contributed by atoms with Gasteiger partial charge in [0.2, 0.25) is 0 Å². The molecule has 0 fully saturated rings. The Balaban J connectivity index is 2.06. The number of hydrogen-bond acceptors (Lipinski definition) is 14. The predicted molar refractivity (Wildman–Crippen MR) is 257 cm³/mol. The lowest BCUT2D eigenvalue weighted by Gasteiger charge is -2.36. The molecule has 11 atom stereocenters. The minimum absolute atomic E-state index is 0.0162. The average molecular weight is 969 g/mol. The number of unbranched alkanes of at least 4 members (excludes halogenated alkanes) is 14. The molecule has 0 saturated carbocycles. The minimum Gasteiger partial charge on any atom is -0.462 e. The Morgan fingerprint density at radius 2 is 1.39 bits per heavy atom. The van der Waals surface area contributed by atoms with Crippen molar-refractivity contribution in [1.29, 1.82) is 0 Å². The third-order valence-electron chi connectivity index (χ3n) is 12.1. The SMILES string of the molecule is CCCCC/C=C\C/C=C\CCCCCCCCCCCC(=O)O[C@@H]1COC(=O)CCC/C=C\C[C@H]2/C=C\C(=O)[C@H](/C=C/[C@@H](O)CCCCC)[C@@H](O)[C@@H](O)[C@@H](OP(=O)(O)OC1)[C@H](O)[C@@H](O)[C@@H]2O. The number of ether oxygens (including phenoxy) is 2. The van der Waals surface area contributed by atoms with E-state index in [2.05, 4.69) is 31.2 Å². The van der Waals surface area contributed by atoms with Crippen LogP contribution >= 0.6 is 7.82 Å². The van der Waals surface area contributed by atoms with Crippen LogP contribution in [0.1, 0.15) is 168 Å². The number of rotatable bonds is 25. The number of carbonyl (C=O) groups is 3. The molecule has 0 saturated heterocycles. The highest BCUT2D eigenvalue weighted by atomic mass is 31.2. The summed E-state index contributed by atoms with van der Waals surface area (Å²) in [5, 5.41) is 67.1. The summed E-state index contributed by atoms with van der Waals surface area (Å²) in [6.07, 6.45) is 21.5. The number of phosphoric acid groups is 1. The van der Waals surface area contributed by atoms with Crippen molar-refractivity contribution in [2.75, 3.05) is 13.2 Å². The molecule has 0 spiro atoms. The number of cyclic esters (lactones) is 1. The number of fused-ring (bicyclic) bond motifs is 4. The second-order valence-corrected chi connectivity index (χ2v) is 19.4. The average Bonchev–Trinajstić information content (AvgIpc) is 3.30. The van der Waals surface area contributed by atoms with Gasteiger partial charge in [-0.3, -0.25) is 23.4 Å². The molecule has 0 aromatic heterocycles. The van der Waals surface area contributed by atoms with Crippen molar-refractivity contribution in [3.05, 3.63) is 60.8 Å². The van der Waals surface area contributed by atoms with E-state index in [4.69, 9.17) is 18.5 Å². The van der Waals surface area contributed by atoms with Gasteiger partial charge in [-0.15, -0.1) is 0 Å². The van der Waals surface area contributed by atoms with Crippen LogP contribution in [0.3, 0.4) is 0 Å². The largest absolute Gasteiger partial charge is 0.472 e. The Bertz CT molecular complexity index is 1560. The molecule has 67 heavy (non-hydrogen) atoms. The summed E-state index contributed by atoms with van der Waals surface area (Å²) < 4.78 is 34.7. The molecular weight excluding hydrogens is 884 g/mol. The van der Waals surface area contributed by atoms with E-state index in [1.807, 2.05) is 6.92 Å². The van der Waals surface area contributed by atoms with Crippen LogP contribution in [0.15, 0.2) is 60.8 Å². The van der Waals surface area contributed by atoms with Crippen molar-refractivity contribution in [2.45, 2.75) is 217 Å². The fourth-order valence-electron chi connectivity index (χ4n) is 7.87. The van der Waals surface area contributed by atoms with Gasteiger partial charge in [-0.05, 0) is 70.3 Å². The third kappa shape index (κ3) is 26.7. The Morgan fingerprint density at radius 1 is 0.776 bits per heavy atom. The number of hydrogen-bond donors (Lipinski definition) is 7. The van der Waals surface area contributed by atoms with Crippen molar-refractivity contribution >= 4 is 25.5 Å². The highest BCUT2D eigenvalue weighted by Crippen LogP contribution is 2.47. The number of ketones is 1. The molecule has 7 N–H and O–H groups in total. The van der Waals surface area contributed by atoms with Gasteiger partial charge in [0.1, 0.15) is 31.0 Å². The van der Waals surface area contributed by atoms with Crippen molar-refractivity contribution in [2.24, 2.45) is 11.8 Å². The zero-order valence-corrected chi connectivity index (χ0v) is 41.2. The number of esters is 2. The Hall–Kier alpha value is -2.82. The van der Waals surface area contributed by atoms with E-state index in [0.29, 0.717) is 32.1 Å². The van der Waals surface area contributed by atoms with Crippen molar-refractivity contribution in [1.82, 2.24) is 0 Å². The van der Waals surface area contributed by atoms with Crippen LogP contribution in [-0.4, -0.2) is 115 Å². The van der Waals surface area contributed by atoms with E-state index in [1.54, 1.807) is 12.2 Å². The second-order valence-electron chi connectivity index (χ2n) is 18.0. The zero-order valence-electron chi connectivity index (χ0n) is 40.3. The van der Waals surface area contributed by atoms with Crippen LogP contribution in [0, 0.1) is 11.8 Å². The van der Waals surface area contributed by atoms with Gasteiger partial charge in [0.15, 0.2) is 11.9 Å². The molecule has 0 aromatic rings.